The fourth-order valence-electron chi connectivity index (χ4n) is 3.36. The van der Waals surface area contributed by atoms with Crippen LogP contribution in [-0.2, 0) is 9.53 Å². The van der Waals surface area contributed by atoms with E-state index in [2.05, 4.69) is 5.32 Å². The Morgan fingerprint density at radius 2 is 1.83 bits per heavy atom. The zero-order chi connectivity index (χ0) is 21.0. The summed E-state index contributed by atoms with van der Waals surface area (Å²) in [6.07, 6.45) is 0. The van der Waals surface area contributed by atoms with Crippen LogP contribution in [0.15, 0.2) is 59.8 Å². The van der Waals surface area contributed by atoms with Crippen LogP contribution < -0.4 is 15.0 Å². The van der Waals surface area contributed by atoms with E-state index in [-0.39, 0.29) is 12.4 Å². The third kappa shape index (κ3) is 4.24. The molecule has 0 fully saturated rings. The van der Waals surface area contributed by atoms with Gasteiger partial charge in [-0.15, -0.1) is 0 Å². The molecule has 7 heteroatoms. The van der Waals surface area contributed by atoms with Gasteiger partial charge in [0.1, 0.15) is 11.6 Å². The van der Waals surface area contributed by atoms with Crippen LogP contribution in [0.4, 0.5) is 10.1 Å². The van der Waals surface area contributed by atoms with Crippen LogP contribution in [0.3, 0.4) is 0 Å². The fourth-order valence-corrected chi connectivity index (χ4v) is 3.72. The molecule has 5 nitrogen and oxygen atoms in total. The largest absolute Gasteiger partial charge is 0.494 e. The van der Waals surface area contributed by atoms with Crippen LogP contribution in [0, 0.1) is 5.82 Å². The molecule has 0 bridgehead atoms. The lowest BCUT2D eigenvalue weighted by atomic mass is 9.94. The predicted octanol–water partition coefficient (Wildman–Crippen LogP) is 4.50. The first-order valence-corrected chi connectivity index (χ1v) is 9.84. The molecule has 0 saturated heterocycles. The molecule has 2 aromatic carbocycles. The Bertz CT molecular complexity index is 943. The second-order valence-corrected chi connectivity index (χ2v) is 6.77. The summed E-state index contributed by atoms with van der Waals surface area (Å²) in [7, 11) is 0. The van der Waals surface area contributed by atoms with Gasteiger partial charge in [0.25, 0.3) is 0 Å². The number of esters is 1. The van der Waals surface area contributed by atoms with E-state index >= 15 is 0 Å². The molecular formula is C22H23FN2O3S. The zero-order valence-electron chi connectivity index (χ0n) is 16.6. The summed E-state index contributed by atoms with van der Waals surface area (Å²) < 4.78 is 24.5. The van der Waals surface area contributed by atoms with Crippen LogP contribution >= 0.6 is 12.2 Å². The van der Waals surface area contributed by atoms with Gasteiger partial charge in [0.05, 0.1) is 24.8 Å². The van der Waals surface area contributed by atoms with Crippen LogP contribution in [-0.4, -0.2) is 24.3 Å². The highest BCUT2D eigenvalue weighted by atomic mass is 32.1. The minimum Gasteiger partial charge on any atom is -0.494 e. The molecule has 152 valence electrons. The Kier molecular flexibility index (Phi) is 6.49. The van der Waals surface area contributed by atoms with Crippen molar-refractivity contribution in [1.82, 2.24) is 5.32 Å². The number of hydrogen-bond donors (Lipinski definition) is 1. The lowest BCUT2D eigenvalue weighted by Crippen LogP contribution is -2.48. The van der Waals surface area contributed by atoms with Crippen molar-refractivity contribution in [2.45, 2.75) is 26.8 Å². The van der Waals surface area contributed by atoms with Crippen molar-refractivity contribution in [2.75, 3.05) is 18.1 Å². The Morgan fingerprint density at radius 3 is 2.48 bits per heavy atom. The predicted molar refractivity (Wildman–Crippen MR) is 114 cm³/mol. The van der Waals surface area contributed by atoms with Crippen molar-refractivity contribution < 1.29 is 18.7 Å². The zero-order valence-corrected chi connectivity index (χ0v) is 17.4. The summed E-state index contributed by atoms with van der Waals surface area (Å²) in [5.74, 6) is -0.121. The molecule has 0 spiro atoms. The molecule has 0 amide bonds. The van der Waals surface area contributed by atoms with Crippen LogP contribution in [0.1, 0.15) is 32.4 Å². The molecule has 1 atom stereocenters. The standard InChI is InChI=1S/C22H23FN2O3S/c1-4-27-18-9-7-6-8-17(18)20-19(21(26)28-5-2)14(3)25(22(29)24-20)16-12-10-15(23)11-13-16/h6-13,20H,4-5H2,1-3H3,(H,24,29)/t20-/m1/s1. The topological polar surface area (TPSA) is 50.8 Å². The molecule has 1 N–H and O–H groups in total. The van der Waals surface area contributed by atoms with E-state index in [1.807, 2.05) is 31.2 Å². The van der Waals surface area contributed by atoms with Crippen LogP contribution in [0.5, 0.6) is 5.75 Å². The van der Waals surface area contributed by atoms with Gasteiger partial charge in [0.15, 0.2) is 5.11 Å². The maximum absolute atomic E-state index is 13.4. The van der Waals surface area contributed by atoms with Crippen molar-refractivity contribution >= 4 is 29.0 Å². The quantitative estimate of drug-likeness (QED) is 0.555. The van der Waals surface area contributed by atoms with Crippen molar-refractivity contribution in [3.05, 3.63) is 71.2 Å². The van der Waals surface area contributed by atoms with Crippen molar-refractivity contribution in [2.24, 2.45) is 0 Å². The molecule has 0 radical (unpaired) electrons. The van der Waals surface area contributed by atoms with Crippen LogP contribution in [0.2, 0.25) is 0 Å². The van der Waals surface area contributed by atoms with E-state index in [0.717, 1.165) is 5.56 Å². The number of hydrogen-bond acceptors (Lipinski definition) is 4. The molecule has 0 unspecified atom stereocenters. The number of allylic oxidation sites excluding steroid dienone is 1. The fraction of sp³-hybridized carbons (Fsp3) is 0.273. The number of para-hydroxylation sites is 1. The van der Waals surface area contributed by atoms with Gasteiger partial charge in [0.2, 0.25) is 0 Å². The molecule has 1 heterocycles. The van der Waals surface area contributed by atoms with Crippen molar-refractivity contribution in [3.63, 3.8) is 0 Å². The highest BCUT2D eigenvalue weighted by molar-refractivity contribution is 7.80. The summed E-state index contributed by atoms with van der Waals surface area (Å²) in [5, 5.41) is 3.64. The molecule has 0 saturated carbocycles. The number of benzene rings is 2. The third-order valence-electron chi connectivity index (χ3n) is 4.59. The van der Waals surface area contributed by atoms with Gasteiger partial charge >= 0.3 is 5.97 Å². The second-order valence-electron chi connectivity index (χ2n) is 6.38. The van der Waals surface area contributed by atoms with Gasteiger partial charge in [-0.25, -0.2) is 9.18 Å². The maximum atomic E-state index is 13.4. The summed E-state index contributed by atoms with van der Waals surface area (Å²) in [6.45, 7) is 6.21. The van der Waals surface area contributed by atoms with Crippen LogP contribution in [0.25, 0.3) is 0 Å². The van der Waals surface area contributed by atoms with Gasteiger partial charge in [-0.05, 0) is 63.3 Å². The van der Waals surface area contributed by atoms with E-state index in [0.29, 0.717) is 34.4 Å². The Morgan fingerprint density at radius 1 is 1.14 bits per heavy atom. The maximum Gasteiger partial charge on any atom is 0.338 e. The molecule has 1 aliphatic heterocycles. The summed E-state index contributed by atoms with van der Waals surface area (Å²) in [5.41, 5.74) is 2.49. The Labute approximate surface area is 175 Å². The van der Waals surface area contributed by atoms with E-state index in [9.17, 15) is 9.18 Å². The summed E-state index contributed by atoms with van der Waals surface area (Å²) in [6, 6.07) is 12.9. The SMILES string of the molecule is CCOC(=O)C1=C(C)N(c2ccc(F)cc2)C(=S)N[C@@H]1c1ccccc1OCC. The number of ether oxygens (including phenoxy) is 2. The Hall–Kier alpha value is -2.93. The highest BCUT2D eigenvalue weighted by Crippen LogP contribution is 2.37. The molecule has 29 heavy (non-hydrogen) atoms. The number of nitrogens with zero attached hydrogens (tertiary/aromatic N) is 1. The van der Waals surface area contributed by atoms with Gasteiger partial charge in [0, 0.05) is 16.9 Å². The first-order valence-electron chi connectivity index (χ1n) is 9.43. The molecule has 0 aromatic heterocycles. The third-order valence-corrected chi connectivity index (χ3v) is 4.90. The summed E-state index contributed by atoms with van der Waals surface area (Å²) >= 11 is 5.60. The van der Waals surface area contributed by atoms with E-state index < -0.39 is 12.0 Å². The van der Waals surface area contributed by atoms with Crippen molar-refractivity contribution in [3.8, 4) is 5.75 Å². The van der Waals surface area contributed by atoms with E-state index in [1.165, 1.54) is 12.1 Å². The number of thiocarbonyl (C=S) groups is 1. The highest BCUT2D eigenvalue weighted by Gasteiger charge is 2.36. The Balaban J connectivity index is 2.14. The van der Waals surface area contributed by atoms with Gasteiger partial charge in [-0.1, -0.05) is 18.2 Å². The molecular weight excluding hydrogens is 391 g/mol. The molecule has 0 aliphatic carbocycles. The minimum absolute atomic E-state index is 0.246. The first kappa shape index (κ1) is 20.8. The monoisotopic (exact) mass is 414 g/mol. The second kappa shape index (κ2) is 9.05. The minimum atomic E-state index is -0.527. The number of nitrogens with one attached hydrogen (secondary N) is 1. The van der Waals surface area contributed by atoms with Gasteiger partial charge < -0.3 is 14.8 Å². The normalized spacial score (nSPS) is 16.5. The van der Waals surface area contributed by atoms with Gasteiger partial charge in [-0.2, -0.15) is 0 Å². The molecule has 2 aromatic rings. The first-order chi connectivity index (χ1) is 14.0. The molecule has 3 rings (SSSR count). The van der Waals surface area contributed by atoms with Gasteiger partial charge in [-0.3, -0.25) is 4.90 Å². The van der Waals surface area contributed by atoms with E-state index in [1.54, 1.807) is 30.9 Å². The summed E-state index contributed by atoms with van der Waals surface area (Å²) in [4.78, 5) is 14.6. The number of rotatable bonds is 6. The number of carbonyl (C=O) groups is 1. The van der Waals surface area contributed by atoms with E-state index in [4.69, 9.17) is 21.7 Å². The number of halogens is 1. The lowest BCUT2D eigenvalue weighted by molar-refractivity contribution is -0.139. The lowest BCUT2D eigenvalue weighted by Gasteiger charge is -2.37. The number of anilines is 1. The average Bonchev–Trinajstić information content (AvgIpc) is 2.70. The smallest absolute Gasteiger partial charge is 0.338 e. The molecule has 1 aliphatic rings. The number of carbonyl (C=O) groups excluding carboxylic acids is 1. The van der Waals surface area contributed by atoms with Crippen molar-refractivity contribution in [1.29, 1.82) is 0 Å². The average molecular weight is 415 g/mol.